The van der Waals surface area contributed by atoms with Gasteiger partial charge in [-0.3, -0.25) is 10.1 Å². The molecule has 1 saturated heterocycles. The lowest BCUT2D eigenvalue weighted by Crippen LogP contribution is -2.41. The molecule has 0 radical (unpaired) electrons. The van der Waals surface area contributed by atoms with Crippen LogP contribution in [0.1, 0.15) is 12.8 Å². The van der Waals surface area contributed by atoms with E-state index in [0.717, 1.165) is 0 Å². The van der Waals surface area contributed by atoms with Crippen molar-refractivity contribution in [2.75, 3.05) is 13.7 Å². The number of ether oxygens (including phenoxy) is 1. The first-order valence-electron chi connectivity index (χ1n) is 3.73. The number of methoxy groups -OCH3 is 1. The third-order valence-electron chi connectivity index (χ3n) is 1.92. The summed E-state index contributed by atoms with van der Waals surface area (Å²) in [5.74, 6) is -0.271. The Balaban J connectivity index is 2.33. The molecule has 64 valence electrons. The molecule has 2 N–H and O–H groups in total. The van der Waals surface area contributed by atoms with Gasteiger partial charge in [0, 0.05) is 6.54 Å². The minimum Gasteiger partial charge on any atom is -0.469 e. The van der Waals surface area contributed by atoms with Crippen LogP contribution in [0.15, 0.2) is 0 Å². The maximum Gasteiger partial charge on any atom is 0.309 e. The maximum atomic E-state index is 10.9. The largest absolute Gasteiger partial charge is 0.469 e. The number of nitrogens with one attached hydrogen (secondary N) is 1. The van der Waals surface area contributed by atoms with Crippen molar-refractivity contribution in [2.24, 2.45) is 5.92 Å². The van der Waals surface area contributed by atoms with Crippen molar-refractivity contribution in [3.05, 3.63) is 0 Å². The second-order valence-electron chi connectivity index (χ2n) is 2.72. The quantitative estimate of drug-likeness (QED) is 0.505. The van der Waals surface area contributed by atoms with Gasteiger partial charge in [0.05, 0.1) is 13.0 Å². The maximum absolute atomic E-state index is 10.9. The third kappa shape index (κ3) is 2.17. The van der Waals surface area contributed by atoms with Gasteiger partial charge < -0.3 is 9.84 Å². The van der Waals surface area contributed by atoms with Crippen LogP contribution in [-0.4, -0.2) is 31.0 Å². The average molecular weight is 159 g/mol. The van der Waals surface area contributed by atoms with Crippen LogP contribution < -0.4 is 5.32 Å². The Kier molecular flexibility index (Phi) is 2.84. The van der Waals surface area contributed by atoms with Crippen LogP contribution >= 0.6 is 0 Å². The zero-order valence-electron chi connectivity index (χ0n) is 6.54. The molecule has 0 saturated carbocycles. The van der Waals surface area contributed by atoms with Gasteiger partial charge >= 0.3 is 5.97 Å². The van der Waals surface area contributed by atoms with E-state index in [2.05, 4.69) is 10.1 Å². The number of rotatable bonds is 1. The van der Waals surface area contributed by atoms with Gasteiger partial charge in [-0.25, -0.2) is 0 Å². The summed E-state index contributed by atoms with van der Waals surface area (Å²) < 4.78 is 4.56. The first kappa shape index (κ1) is 8.49. The van der Waals surface area contributed by atoms with Gasteiger partial charge in [0.2, 0.25) is 0 Å². The van der Waals surface area contributed by atoms with Gasteiger partial charge in [-0.1, -0.05) is 0 Å². The molecule has 0 aromatic rings. The number of aliphatic hydroxyl groups excluding tert-OH is 1. The fourth-order valence-corrected chi connectivity index (χ4v) is 1.21. The lowest BCUT2D eigenvalue weighted by Gasteiger charge is -2.24. The second-order valence-corrected chi connectivity index (χ2v) is 2.72. The summed E-state index contributed by atoms with van der Waals surface area (Å²) in [7, 11) is 1.38. The molecule has 0 bridgehead atoms. The number of piperidine rings is 1. The van der Waals surface area contributed by atoms with E-state index in [-0.39, 0.29) is 11.9 Å². The Morgan fingerprint density at radius 2 is 2.36 bits per heavy atom. The number of hydrogen-bond donors (Lipinski definition) is 2. The van der Waals surface area contributed by atoms with E-state index >= 15 is 0 Å². The van der Waals surface area contributed by atoms with Crippen molar-refractivity contribution in [1.82, 2.24) is 5.32 Å². The van der Waals surface area contributed by atoms with Crippen LogP contribution in [0.25, 0.3) is 0 Å². The van der Waals surface area contributed by atoms with Gasteiger partial charge in [0.25, 0.3) is 0 Å². The van der Waals surface area contributed by atoms with Gasteiger partial charge in [0.1, 0.15) is 6.23 Å². The van der Waals surface area contributed by atoms with Crippen molar-refractivity contribution >= 4 is 5.97 Å². The fraction of sp³-hybridized carbons (Fsp3) is 0.857. The van der Waals surface area contributed by atoms with E-state index in [1.165, 1.54) is 7.11 Å². The number of esters is 1. The monoisotopic (exact) mass is 159 g/mol. The van der Waals surface area contributed by atoms with Crippen LogP contribution in [0.3, 0.4) is 0 Å². The van der Waals surface area contributed by atoms with Gasteiger partial charge in [-0.15, -0.1) is 0 Å². The molecule has 1 rings (SSSR count). The Labute approximate surface area is 65.5 Å². The lowest BCUT2D eigenvalue weighted by molar-refractivity contribution is -0.146. The molecule has 4 nitrogen and oxygen atoms in total. The molecule has 0 amide bonds. The van der Waals surface area contributed by atoms with E-state index in [1.807, 2.05) is 0 Å². The molecule has 2 unspecified atom stereocenters. The SMILES string of the molecule is COC(=O)C1CCC(O)NC1. The van der Waals surface area contributed by atoms with Crippen LogP contribution in [0, 0.1) is 5.92 Å². The van der Waals surface area contributed by atoms with Crippen molar-refractivity contribution in [3.8, 4) is 0 Å². The summed E-state index contributed by atoms with van der Waals surface area (Å²) >= 11 is 0. The van der Waals surface area contributed by atoms with Gasteiger partial charge in [-0.05, 0) is 12.8 Å². The third-order valence-corrected chi connectivity index (χ3v) is 1.92. The smallest absolute Gasteiger partial charge is 0.309 e. The summed E-state index contributed by atoms with van der Waals surface area (Å²) in [5.41, 5.74) is 0. The first-order valence-corrected chi connectivity index (χ1v) is 3.73. The number of hydrogen-bond acceptors (Lipinski definition) is 4. The fourth-order valence-electron chi connectivity index (χ4n) is 1.21. The van der Waals surface area contributed by atoms with Gasteiger partial charge in [0.15, 0.2) is 0 Å². The molecule has 1 aliphatic heterocycles. The Morgan fingerprint density at radius 3 is 2.82 bits per heavy atom. The molecule has 0 aromatic heterocycles. The molecule has 2 atom stereocenters. The first-order chi connectivity index (χ1) is 5.24. The lowest BCUT2D eigenvalue weighted by atomic mass is 9.99. The highest BCUT2D eigenvalue weighted by atomic mass is 16.5. The second kappa shape index (κ2) is 3.69. The molecular weight excluding hydrogens is 146 g/mol. The van der Waals surface area contributed by atoms with E-state index in [9.17, 15) is 4.79 Å². The molecule has 1 heterocycles. The molecular formula is C7H13NO3. The molecule has 4 heteroatoms. The highest BCUT2D eigenvalue weighted by molar-refractivity contribution is 5.72. The number of carbonyl (C=O) groups is 1. The van der Waals surface area contributed by atoms with Crippen molar-refractivity contribution < 1.29 is 14.6 Å². The van der Waals surface area contributed by atoms with E-state index in [4.69, 9.17) is 5.11 Å². The van der Waals surface area contributed by atoms with Crippen LogP contribution in [0.5, 0.6) is 0 Å². The minimum absolute atomic E-state index is 0.0802. The summed E-state index contributed by atoms with van der Waals surface area (Å²) in [6.07, 6.45) is 0.886. The predicted molar refractivity (Wildman–Crippen MR) is 38.7 cm³/mol. The van der Waals surface area contributed by atoms with Crippen molar-refractivity contribution in [3.63, 3.8) is 0 Å². The highest BCUT2D eigenvalue weighted by Gasteiger charge is 2.24. The summed E-state index contributed by atoms with van der Waals surface area (Å²) in [5, 5.41) is 11.8. The average Bonchev–Trinajstić information content (AvgIpc) is 2.05. The standard InChI is InChI=1S/C7H13NO3/c1-11-7(10)5-2-3-6(9)8-4-5/h5-6,8-9H,2-4H2,1H3. The predicted octanol–water partition coefficient (Wildman–Crippen LogP) is -0.523. The number of carbonyl (C=O) groups excluding carboxylic acids is 1. The Hall–Kier alpha value is -0.610. The van der Waals surface area contributed by atoms with Gasteiger partial charge in [-0.2, -0.15) is 0 Å². The Morgan fingerprint density at radius 1 is 1.64 bits per heavy atom. The Bertz CT molecular complexity index is 141. The number of aliphatic hydroxyl groups is 1. The molecule has 0 spiro atoms. The van der Waals surface area contributed by atoms with E-state index in [0.29, 0.717) is 19.4 Å². The van der Waals surface area contributed by atoms with Crippen molar-refractivity contribution in [1.29, 1.82) is 0 Å². The van der Waals surface area contributed by atoms with Crippen LogP contribution in [-0.2, 0) is 9.53 Å². The zero-order chi connectivity index (χ0) is 8.27. The van der Waals surface area contributed by atoms with E-state index < -0.39 is 6.23 Å². The van der Waals surface area contributed by atoms with Crippen LogP contribution in [0.2, 0.25) is 0 Å². The molecule has 1 fully saturated rings. The topological polar surface area (TPSA) is 58.6 Å². The highest BCUT2D eigenvalue weighted by Crippen LogP contribution is 2.13. The zero-order valence-corrected chi connectivity index (χ0v) is 6.54. The normalized spacial score (nSPS) is 31.5. The molecule has 11 heavy (non-hydrogen) atoms. The summed E-state index contributed by atoms with van der Waals surface area (Å²) in [6, 6.07) is 0. The molecule has 0 aliphatic carbocycles. The van der Waals surface area contributed by atoms with Crippen molar-refractivity contribution in [2.45, 2.75) is 19.1 Å². The van der Waals surface area contributed by atoms with Crippen LogP contribution in [0.4, 0.5) is 0 Å². The summed E-state index contributed by atoms with van der Waals surface area (Å²) in [4.78, 5) is 10.9. The molecule has 0 aromatic carbocycles. The minimum atomic E-state index is -0.448. The van der Waals surface area contributed by atoms with E-state index in [1.54, 1.807) is 0 Å². The molecule has 1 aliphatic rings. The summed E-state index contributed by atoms with van der Waals surface area (Å²) in [6.45, 7) is 0.522.